The second kappa shape index (κ2) is 11.0. The number of halogens is 1. The van der Waals surface area contributed by atoms with E-state index in [-0.39, 0.29) is 5.91 Å². The lowest BCUT2D eigenvalue weighted by atomic mass is 10.1. The van der Waals surface area contributed by atoms with Crippen LogP contribution in [0.4, 0.5) is 28.8 Å². The highest BCUT2D eigenvalue weighted by molar-refractivity contribution is 6.33. The molecule has 0 spiro atoms. The van der Waals surface area contributed by atoms with Gasteiger partial charge in [0, 0.05) is 18.3 Å². The number of nitrogens with zero attached hydrogens (tertiary/aromatic N) is 3. The summed E-state index contributed by atoms with van der Waals surface area (Å²) in [6.45, 7) is 2.65. The van der Waals surface area contributed by atoms with Crippen molar-refractivity contribution in [2.24, 2.45) is 0 Å². The molecule has 178 valence electrons. The smallest absolute Gasteiger partial charge is 0.248 e. The van der Waals surface area contributed by atoms with Crippen LogP contribution in [0.15, 0.2) is 79.0 Å². The Morgan fingerprint density at radius 3 is 2.60 bits per heavy atom. The van der Waals surface area contributed by atoms with E-state index in [0.29, 0.717) is 34.7 Å². The molecule has 0 radical (unpaired) electrons. The fourth-order valence-corrected chi connectivity index (χ4v) is 3.59. The van der Waals surface area contributed by atoms with Crippen LogP contribution < -0.4 is 16.0 Å². The van der Waals surface area contributed by atoms with Gasteiger partial charge in [-0.15, -0.1) is 0 Å². The molecule has 4 rings (SSSR count). The Morgan fingerprint density at radius 2 is 1.80 bits per heavy atom. The van der Waals surface area contributed by atoms with Crippen molar-refractivity contribution >= 4 is 57.1 Å². The fraction of sp³-hybridized carbons (Fsp3) is 0.148. The van der Waals surface area contributed by atoms with Crippen LogP contribution in [0.5, 0.6) is 0 Å². The minimum Gasteiger partial charge on any atom is -0.339 e. The van der Waals surface area contributed by atoms with Gasteiger partial charge in [0.2, 0.25) is 11.9 Å². The Hall–Kier alpha value is -3.94. The Bertz CT molecular complexity index is 1390. The number of anilines is 5. The van der Waals surface area contributed by atoms with E-state index in [4.69, 9.17) is 11.6 Å². The summed E-state index contributed by atoms with van der Waals surface area (Å²) >= 11 is 6.38. The number of hydrogen-bond acceptors (Lipinski definition) is 6. The van der Waals surface area contributed by atoms with Crippen molar-refractivity contribution in [3.63, 3.8) is 0 Å². The monoisotopic (exact) mass is 486 g/mol. The average Bonchev–Trinajstić information content (AvgIpc) is 2.82. The molecule has 0 saturated carbocycles. The number of carbonyl (C=O) groups is 1. The third-order valence-corrected chi connectivity index (χ3v) is 5.45. The molecule has 0 saturated heterocycles. The molecule has 0 atom stereocenters. The quantitative estimate of drug-likeness (QED) is 0.260. The summed E-state index contributed by atoms with van der Waals surface area (Å²) in [5.74, 6) is 0.612. The summed E-state index contributed by atoms with van der Waals surface area (Å²) < 4.78 is 0. The van der Waals surface area contributed by atoms with Gasteiger partial charge < -0.3 is 20.9 Å². The number of rotatable bonds is 8. The molecule has 3 aromatic carbocycles. The lowest BCUT2D eigenvalue weighted by molar-refractivity contribution is -0.111. The van der Waals surface area contributed by atoms with Crippen molar-refractivity contribution < 1.29 is 4.79 Å². The highest BCUT2D eigenvalue weighted by Crippen LogP contribution is 2.29. The first-order chi connectivity index (χ1) is 16.9. The van der Waals surface area contributed by atoms with Gasteiger partial charge in [0.15, 0.2) is 5.82 Å². The highest BCUT2D eigenvalue weighted by Gasteiger charge is 2.11. The lowest BCUT2D eigenvalue weighted by Crippen LogP contribution is -2.13. The van der Waals surface area contributed by atoms with Crippen molar-refractivity contribution in [1.29, 1.82) is 0 Å². The summed E-state index contributed by atoms with van der Waals surface area (Å²) in [7, 11) is 3.89. The number of amides is 1. The van der Waals surface area contributed by atoms with Crippen molar-refractivity contribution in [2.75, 3.05) is 36.6 Å². The molecule has 1 aromatic heterocycles. The molecule has 0 unspecified atom stereocenters. The molecule has 8 heteroatoms. The van der Waals surface area contributed by atoms with Crippen molar-refractivity contribution in [1.82, 2.24) is 14.9 Å². The SMILES string of the molecule is Cc1ccc(NC(=O)/C=C/CN(C)C)c(Nc2ncc(Cl)c(Nc3ccc4ccccc4c3)n2)c1. The minimum absolute atomic E-state index is 0.213. The number of hydrogen-bond donors (Lipinski definition) is 3. The zero-order chi connectivity index (χ0) is 24.8. The normalized spacial score (nSPS) is 11.2. The Labute approximate surface area is 209 Å². The molecule has 1 amide bonds. The molecule has 1 heterocycles. The van der Waals surface area contributed by atoms with Gasteiger partial charge in [-0.05, 0) is 61.6 Å². The zero-order valence-corrected chi connectivity index (χ0v) is 20.6. The number of nitrogens with one attached hydrogen (secondary N) is 3. The maximum atomic E-state index is 12.4. The van der Waals surface area contributed by atoms with Crippen LogP contribution in [-0.4, -0.2) is 41.4 Å². The lowest BCUT2D eigenvalue weighted by Gasteiger charge is -2.14. The third kappa shape index (κ3) is 6.56. The highest BCUT2D eigenvalue weighted by atomic mass is 35.5. The van der Waals surface area contributed by atoms with Gasteiger partial charge in [0.25, 0.3) is 0 Å². The first-order valence-corrected chi connectivity index (χ1v) is 11.5. The van der Waals surface area contributed by atoms with Gasteiger partial charge in [-0.25, -0.2) is 4.98 Å². The average molecular weight is 487 g/mol. The number of fused-ring (bicyclic) bond motifs is 1. The van der Waals surface area contributed by atoms with Gasteiger partial charge in [-0.1, -0.05) is 54.1 Å². The zero-order valence-electron chi connectivity index (χ0n) is 19.8. The van der Waals surface area contributed by atoms with Crippen LogP contribution in [0.25, 0.3) is 10.8 Å². The molecule has 35 heavy (non-hydrogen) atoms. The molecular formula is C27H27ClN6O. The molecule has 0 fully saturated rings. The minimum atomic E-state index is -0.213. The second-order valence-corrected chi connectivity index (χ2v) is 8.81. The maximum absolute atomic E-state index is 12.4. The number of benzene rings is 3. The Morgan fingerprint density at radius 1 is 1.00 bits per heavy atom. The van der Waals surface area contributed by atoms with Gasteiger partial charge in [0.05, 0.1) is 17.6 Å². The van der Waals surface area contributed by atoms with Gasteiger partial charge >= 0.3 is 0 Å². The van der Waals surface area contributed by atoms with Gasteiger partial charge in [-0.3, -0.25) is 4.79 Å². The van der Waals surface area contributed by atoms with E-state index in [2.05, 4.69) is 38.1 Å². The van der Waals surface area contributed by atoms with E-state index < -0.39 is 0 Å². The standard InChI is InChI=1S/C27H27ClN6O/c1-18-10-13-23(31-25(35)9-6-14-34(2)3)24(15-18)32-27-29-17-22(28)26(33-27)30-21-12-11-19-7-4-5-8-20(19)16-21/h4-13,15-17H,14H2,1-3H3,(H,31,35)(H2,29,30,32,33)/b9-6+. The van der Waals surface area contributed by atoms with Crippen LogP contribution in [0.1, 0.15) is 5.56 Å². The van der Waals surface area contributed by atoms with E-state index in [0.717, 1.165) is 22.0 Å². The molecule has 0 bridgehead atoms. The van der Waals surface area contributed by atoms with E-state index in [9.17, 15) is 4.79 Å². The summed E-state index contributed by atoms with van der Waals surface area (Å²) in [4.78, 5) is 23.2. The molecule has 0 aliphatic carbocycles. The largest absolute Gasteiger partial charge is 0.339 e. The van der Waals surface area contributed by atoms with E-state index in [1.54, 1.807) is 0 Å². The van der Waals surface area contributed by atoms with Crippen molar-refractivity contribution in [3.8, 4) is 0 Å². The van der Waals surface area contributed by atoms with Crippen LogP contribution in [0, 0.1) is 6.92 Å². The molecule has 0 aliphatic rings. The summed E-state index contributed by atoms with van der Waals surface area (Å²) in [5.41, 5.74) is 3.19. The van der Waals surface area contributed by atoms with E-state index in [1.807, 2.05) is 80.5 Å². The molecule has 4 aromatic rings. The maximum Gasteiger partial charge on any atom is 0.248 e. The van der Waals surface area contributed by atoms with Crippen LogP contribution in [0.2, 0.25) is 5.02 Å². The molecule has 0 aliphatic heterocycles. The van der Waals surface area contributed by atoms with E-state index >= 15 is 0 Å². The predicted molar refractivity (Wildman–Crippen MR) is 145 cm³/mol. The molecule has 7 nitrogen and oxygen atoms in total. The summed E-state index contributed by atoms with van der Waals surface area (Å²) in [5, 5.41) is 12.1. The van der Waals surface area contributed by atoms with E-state index in [1.165, 1.54) is 12.3 Å². The number of aryl methyl sites for hydroxylation is 1. The topological polar surface area (TPSA) is 82.2 Å². The van der Waals surface area contributed by atoms with Crippen LogP contribution in [0.3, 0.4) is 0 Å². The summed E-state index contributed by atoms with van der Waals surface area (Å²) in [6, 6.07) is 19.9. The Kier molecular flexibility index (Phi) is 7.60. The van der Waals surface area contributed by atoms with Gasteiger partial charge in [-0.2, -0.15) is 4.98 Å². The van der Waals surface area contributed by atoms with Crippen LogP contribution >= 0.6 is 11.6 Å². The first-order valence-electron chi connectivity index (χ1n) is 11.2. The molecular weight excluding hydrogens is 460 g/mol. The summed E-state index contributed by atoms with van der Waals surface area (Å²) in [6.07, 6.45) is 4.87. The number of aromatic nitrogens is 2. The Balaban J connectivity index is 1.54. The second-order valence-electron chi connectivity index (χ2n) is 8.40. The number of carbonyl (C=O) groups excluding carboxylic acids is 1. The number of likely N-dealkylation sites (N-methyl/N-ethyl adjacent to an activating group) is 1. The van der Waals surface area contributed by atoms with Gasteiger partial charge in [0.1, 0.15) is 5.02 Å². The predicted octanol–water partition coefficient (Wildman–Crippen LogP) is 6.14. The first kappa shape index (κ1) is 24.2. The fourth-order valence-electron chi connectivity index (χ4n) is 3.45. The third-order valence-electron chi connectivity index (χ3n) is 5.18. The van der Waals surface area contributed by atoms with Crippen LogP contribution in [-0.2, 0) is 4.79 Å². The molecule has 3 N–H and O–H groups in total. The van der Waals surface area contributed by atoms with Crippen molar-refractivity contribution in [3.05, 3.63) is 89.6 Å². The van der Waals surface area contributed by atoms with Crippen molar-refractivity contribution in [2.45, 2.75) is 6.92 Å².